The van der Waals surface area contributed by atoms with Crippen molar-refractivity contribution in [3.63, 3.8) is 0 Å². The van der Waals surface area contributed by atoms with Crippen LogP contribution in [0.4, 0.5) is 5.69 Å². The van der Waals surface area contributed by atoms with Gasteiger partial charge in [-0.05, 0) is 30.3 Å². The monoisotopic (exact) mass is 358 g/mol. The van der Waals surface area contributed by atoms with Crippen molar-refractivity contribution >= 4 is 34.1 Å². The number of carbonyl (C=O) groups is 1. The van der Waals surface area contributed by atoms with Gasteiger partial charge in [0.15, 0.2) is 11.5 Å². The number of halogens is 1. The molecule has 7 heteroatoms. The maximum Gasteiger partial charge on any atom is 0.261 e. The molecule has 0 aliphatic carbocycles. The van der Waals surface area contributed by atoms with Crippen molar-refractivity contribution in [2.24, 2.45) is 0 Å². The molecule has 0 radical (unpaired) electrons. The number of rotatable bonds is 4. The molecule has 25 heavy (non-hydrogen) atoms. The van der Waals surface area contributed by atoms with Crippen molar-refractivity contribution in [2.45, 2.75) is 0 Å². The Morgan fingerprint density at radius 3 is 2.56 bits per heavy atom. The fourth-order valence-electron chi connectivity index (χ4n) is 2.48. The van der Waals surface area contributed by atoms with Gasteiger partial charge in [-0.15, -0.1) is 0 Å². The lowest BCUT2D eigenvalue weighted by Crippen LogP contribution is -2.21. The summed E-state index contributed by atoms with van der Waals surface area (Å²) in [5.74, 6) is 0.494. The Labute approximate surface area is 148 Å². The summed E-state index contributed by atoms with van der Waals surface area (Å²) in [6.45, 7) is 0. The lowest BCUT2D eigenvalue weighted by Gasteiger charge is -2.10. The summed E-state index contributed by atoms with van der Waals surface area (Å²) in [7, 11) is 3.03. The predicted molar refractivity (Wildman–Crippen MR) is 97.1 cm³/mol. The molecule has 6 nitrogen and oxygen atoms in total. The van der Waals surface area contributed by atoms with Gasteiger partial charge in [-0.25, -0.2) is 0 Å². The van der Waals surface area contributed by atoms with Crippen LogP contribution in [0.1, 0.15) is 10.4 Å². The molecule has 1 amide bonds. The minimum Gasteiger partial charge on any atom is -0.493 e. The largest absolute Gasteiger partial charge is 0.493 e. The molecule has 0 aliphatic heterocycles. The molecule has 0 saturated carbocycles. The van der Waals surface area contributed by atoms with Crippen molar-refractivity contribution in [3.8, 4) is 11.5 Å². The third-order valence-electron chi connectivity index (χ3n) is 3.73. The molecule has 1 aromatic heterocycles. The van der Waals surface area contributed by atoms with Crippen LogP contribution in [-0.2, 0) is 0 Å². The van der Waals surface area contributed by atoms with E-state index in [-0.39, 0.29) is 11.0 Å². The normalized spacial score (nSPS) is 10.5. The van der Waals surface area contributed by atoms with E-state index in [0.717, 1.165) is 0 Å². The van der Waals surface area contributed by atoms with Crippen molar-refractivity contribution in [3.05, 3.63) is 63.4 Å². The van der Waals surface area contributed by atoms with Crippen LogP contribution in [0.15, 0.2) is 47.4 Å². The average molecular weight is 359 g/mol. The van der Waals surface area contributed by atoms with E-state index < -0.39 is 5.91 Å². The summed E-state index contributed by atoms with van der Waals surface area (Å²) in [6.07, 6.45) is 1.37. The highest BCUT2D eigenvalue weighted by Gasteiger charge is 2.14. The maximum atomic E-state index is 12.5. The van der Waals surface area contributed by atoms with Gasteiger partial charge >= 0.3 is 0 Å². The first-order valence-electron chi connectivity index (χ1n) is 7.38. The molecule has 0 spiro atoms. The van der Waals surface area contributed by atoms with Gasteiger partial charge in [-0.2, -0.15) is 0 Å². The number of carbonyl (C=O) groups excluding carboxylic acids is 1. The van der Waals surface area contributed by atoms with E-state index in [2.05, 4.69) is 10.3 Å². The van der Waals surface area contributed by atoms with E-state index in [1.807, 2.05) is 0 Å². The molecule has 0 fully saturated rings. The number of anilines is 1. The fourth-order valence-corrected chi connectivity index (χ4v) is 2.65. The Morgan fingerprint density at radius 1 is 1.08 bits per heavy atom. The lowest BCUT2D eigenvalue weighted by molar-refractivity contribution is 0.102. The third-order valence-corrected chi connectivity index (χ3v) is 3.96. The Kier molecular flexibility index (Phi) is 4.63. The molecule has 128 valence electrons. The molecule has 3 rings (SSSR count). The second-order valence-corrected chi connectivity index (χ2v) is 5.68. The third kappa shape index (κ3) is 3.29. The number of hydrogen-bond donors (Lipinski definition) is 2. The summed E-state index contributed by atoms with van der Waals surface area (Å²) < 4.78 is 10.4. The summed E-state index contributed by atoms with van der Waals surface area (Å²) >= 11 is 5.91. The molecular formula is C18H15ClN2O4. The fraction of sp³-hybridized carbons (Fsp3) is 0.111. The number of amides is 1. The van der Waals surface area contributed by atoms with Crippen molar-refractivity contribution in [1.29, 1.82) is 0 Å². The van der Waals surface area contributed by atoms with Gasteiger partial charge in [0, 0.05) is 28.4 Å². The lowest BCUT2D eigenvalue weighted by atomic mass is 10.1. The SMILES string of the molecule is COc1ccc(NC(=O)c2c[nH]c3cc(Cl)ccc3c2=O)cc1OC. The molecule has 2 N–H and O–H groups in total. The zero-order valence-corrected chi connectivity index (χ0v) is 14.3. The Bertz CT molecular complexity index is 1010. The first kappa shape index (κ1) is 16.9. The van der Waals surface area contributed by atoms with Crippen LogP contribution in [0, 0.1) is 0 Å². The molecule has 0 atom stereocenters. The molecule has 0 unspecified atom stereocenters. The van der Waals surface area contributed by atoms with Crippen molar-refractivity contribution in [2.75, 3.05) is 19.5 Å². The number of pyridine rings is 1. The Morgan fingerprint density at radius 2 is 1.84 bits per heavy atom. The van der Waals surface area contributed by atoms with E-state index in [4.69, 9.17) is 21.1 Å². The zero-order chi connectivity index (χ0) is 18.0. The van der Waals surface area contributed by atoms with Crippen LogP contribution in [0.2, 0.25) is 5.02 Å². The predicted octanol–water partition coefficient (Wildman–Crippen LogP) is 3.45. The highest BCUT2D eigenvalue weighted by molar-refractivity contribution is 6.31. The maximum absolute atomic E-state index is 12.5. The van der Waals surface area contributed by atoms with E-state index >= 15 is 0 Å². The highest BCUT2D eigenvalue weighted by Crippen LogP contribution is 2.29. The van der Waals surface area contributed by atoms with Gasteiger partial charge in [0.2, 0.25) is 5.43 Å². The Hall–Kier alpha value is -2.99. The van der Waals surface area contributed by atoms with E-state index in [9.17, 15) is 9.59 Å². The molecule has 2 aromatic carbocycles. The van der Waals surface area contributed by atoms with Gasteiger partial charge < -0.3 is 19.8 Å². The smallest absolute Gasteiger partial charge is 0.261 e. The zero-order valence-electron chi connectivity index (χ0n) is 13.6. The number of methoxy groups -OCH3 is 2. The number of fused-ring (bicyclic) bond motifs is 1. The number of H-pyrrole nitrogens is 1. The van der Waals surface area contributed by atoms with Crippen LogP contribution in [0.5, 0.6) is 11.5 Å². The van der Waals surface area contributed by atoms with Gasteiger partial charge in [-0.3, -0.25) is 9.59 Å². The summed E-state index contributed by atoms with van der Waals surface area (Å²) in [4.78, 5) is 27.9. The van der Waals surface area contributed by atoms with Crippen LogP contribution in [-0.4, -0.2) is 25.1 Å². The topological polar surface area (TPSA) is 80.4 Å². The minimum atomic E-state index is -0.523. The molecule has 1 heterocycles. The Balaban J connectivity index is 1.94. The number of benzene rings is 2. The van der Waals surface area contributed by atoms with Gasteiger partial charge in [-0.1, -0.05) is 11.6 Å². The number of nitrogens with one attached hydrogen (secondary N) is 2. The quantitative estimate of drug-likeness (QED) is 0.748. The molecule has 0 aliphatic rings. The standard InChI is InChI=1S/C18H15ClN2O4/c1-24-15-6-4-11(8-16(15)25-2)21-18(23)13-9-20-14-7-10(19)3-5-12(14)17(13)22/h3-9H,1-2H3,(H,20,22)(H,21,23). The number of aromatic amines is 1. The van der Waals surface area contributed by atoms with Crippen LogP contribution >= 0.6 is 11.6 Å². The molecule has 0 bridgehead atoms. The number of hydrogen-bond acceptors (Lipinski definition) is 4. The van der Waals surface area contributed by atoms with Crippen molar-refractivity contribution in [1.82, 2.24) is 4.98 Å². The second-order valence-electron chi connectivity index (χ2n) is 5.25. The molecular weight excluding hydrogens is 344 g/mol. The first-order valence-corrected chi connectivity index (χ1v) is 7.75. The van der Waals surface area contributed by atoms with Crippen LogP contribution < -0.4 is 20.2 Å². The minimum absolute atomic E-state index is 0.00427. The van der Waals surface area contributed by atoms with E-state index in [0.29, 0.717) is 33.1 Å². The number of aromatic nitrogens is 1. The highest BCUT2D eigenvalue weighted by atomic mass is 35.5. The average Bonchev–Trinajstić information content (AvgIpc) is 2.61. The van der Waals surface area contributed by atoms with Crippen molar-refractivity contribution < 1.29 is 14.3 Å². The summed E-state index contributed by atoms with van der Waals surface area (Å²) in [5.41, 5.74) is 0.687. The van der Waals surface area contributed by atoms with Gasteiger partial charge in [0.25, 0.3) is 5.91 Å². The van der Waals surface area contributed by atoms with Crippen LogP contribution in [0.25, 0.3) is 10.9 Å². The molecule has 3 aromatic rings. The first-order chi connectivity index (χ1) is 12.0. The van der Waals surface area contributed by atoms with E-state index in [1.165, 1.54) is 20.4 Å². The molecule has 0 saturated heterocycles. The summed E-state index contributed by atoms with van der Waals surface area (Å²) in [6, 6.07) is 9.77. The summed E-state index contributed by atoms with van der Waals surface area (Å²) in [5, 5.41) is 3.58. The van der Waals surface area contributed by atoms with Crippen LogP contribution in [0.3, 0.4) is 0 Å². The van der Waals surface area contributed by atoms with Gasteiger partial charge in [0.05, 0.1) is 19.7 Å². The van der Waals surface area contributed by atoms with E-state index in [1.54, 1.807) is 36.4 Å². The van der Waals surface area contributed by atoms with Gasteiger partial charge in [0.1, 0.15) is 5.56 Å². The second kappa shape index (κ2) is 6.86. The number of ether oxygens (including phenoxy) is 2.